The fraction of sp³-hybridized carbons (Fsp3) is 0.462. The molecule has 0 fully saturated rings. The van der Waals surface area contributed by atoms with E-state index in [1.807, 2.05) is 64.2 Å². The van der Waals surface area contributed by atoms with Crippen LogP contribution in [0.25, 0.3) is 22.2 Å². The third kappa shape index (κ3) is 9.44. The molecule has 46 heavy (non-hydrogen) atoms. The standard InChI is InChI=1S/C39H52N4O3/c1-7-9-11-12-13-16-26-40-38(45)42(6)31-24-25-34-35(27-31)43(36(41-34)19-10-8-2)28-29-20-22-30(23-21-29)32-17-14-15-18-33(32)37(44)46-39(3,4)5/h14-15,17-18,20-25,27H,7-13,16,19,26,28H2,1-6H3,(H,40,45). The summed E-state index contributed by atoms with van der Waals surface area (Å²) in [6.45, 7) is 11.4. The van der Waals surface area contributed by atoms with Gasteiger partial charge in [-0.25, -0.2) is 14.6 Å². The van der Waals surface area contributed by atoms with Gasteiger partial charge < -0.3 is 14.6 Å². The first-order valence-corrected chi connectivity index (χ1v) is 17.0. The number of rotatable bonds is 15. The van der Waals surface area contributed by atoms with Crippen LogP contribution in [0.3, 0.4) is 0 Å². The molecule has 246 valence electrons. The van der Waals surface area contributed by atoms with Crippen molar-refractivity contribution in [1.82, 2.24) is 14.9 Å². The molecule has 4 aromatic rings. The van der Waals surface area contributed by atoms with Gasteiger partial charge in [0.1, 0.15) is 11.4 Å². The molecule has 0 aliphatic carbocycles. The Bertz CT molecular complexity index is 1580. The van der Waals surface area contributed by atoms with Crippen molar-refractivity contribution in [3.63, 3.8) is 0 Å². The molecular weight excluding hydrogens is 572 g/mol. The molecule has 0 bridgehead atoms. The summed E-state index contributed by atoms with van der Waals surface area (Å²) in [5.74, 6) is 0.720. The van der Waals surface area contributed by atoms with Gasteiger partial charge >= 0.3 is 12.0 Å². The minimum atomic E-state index is -0.566. The zero-order valence-electron chi connectivity index (χ0n) is 28.7. The van der Waals surface area contributed by atoms with Crippen LogP contribution in [-0.4, -0.2) is 40.7 Å². The van der Waals surface area contributed by atoms with Crippen molar-refractivity contribution in [3.05, 3.63) is 83.7 Å². The van der Waals surface area contributed by atoms with Gasteiger partial charge in [-0.3, -0.25) is 4.90 Å². The van der Waals surface area contributed by atoms with Gasteiger partial charge in [0.25, 0.3) is 0 Å². The third-order valence-electron chi connectivity index (χ3n) is 8.21. The Balaban J connectivity index is 1.53. The molecule has 1 N–H and O–H groups in total. The van der Waals surface area contributed by atoms with E-state index < -0.39 is 5.60 Å². The number of nitrogens with one attached hydrogen (secondary N) is 1. The minimum Gasteiger partial charge on any atom is -0.456 e. The smallest absolute Gasteiger partial charge is 0.339 e. The first kappa shape index (κ1) is 34.7. The fourth-order valence-electron chi connectivity index (χ4n) is 5.63. The first-order valence-electron chi connectivity index (χ1n) is 17.0. The predicted octanol–water partition coefficient (Wildman–Crippen LogP) is 9.56. The van der Waals surface area contributed by atoms with Crippen LogP contribution < -0.4 is 10.2 Å². The number of aromatic nitrogens is 2. The van der Waals surface area contributed by atoms with Crippen molar-refractivity contribution in [2.75, 3.05) is 18.5 Å². The number of anilines is 1. The Morgan fingerprint density at radius 1 is 0.870 bits per heavy atom. The molecule has 0 aliphatic rings. The summed E-state index contributed by atoms with van der Waals surface area (Å²) < 4.78 is 7.95. The maximum atomic E-state index is 13.0. The molecule has 7 heteroatoms. The van der Waals surface area contributed by atoms with E-state index in [-0.39, 0.29) is 12.0 Å². The molecular formula is C39H52N4O3. The second-order valence-corrected chi connectivity index (χ2v) is 13.2. The molecule has 0 atom stereocenters. The molecule has 1 aromatic heterocycles. The van der Waals surface area contributed by atoms with Gasteiger partial charge in [0, 0.05) is 32.2 Å². The topological polar surface area (TPSA) is 76.5 Å². The lowest BCUT2D eigenvalue weighted by atomic mass is 9.98. The number of urea groups is 1. The summed E-state index contributed by atoms with van der Waals surface area (Å²) in [4.78, 5) is 32.6. The Hall–Kier alpha value is -4.13. The lowest BCUT2D eigenvalue weighted by Gasteiger charge is -2.20. The summed E-state index contributed by atoms with van der Waals surface area (Å²) in [5.41, 5.74) is 5.71. The van der Waals surface area contributed by atoms with E-state index in [0.717, 1.165) is 71.3 Å². The van der Waals surface area contributed by atoms with Gasteiger partial charge in [-0.05, 0) is 74.6 Å². The van der Waals surface area contributed by atoms with Crippen molar-refractivity contribution < 1.29 is 14.3 Å². The molecule has 4 rings (SSSR count). The van der Waals surface area contributed by atoms with Crippen LogP contribution in [-0.2, 0) is 17.7 Å². The number of amides is 2. The van der Waals surface area contributed by atoms with E-state index in [1.165, 1.54) is 25.7 Å². The molecule has 0 aliphatic heterocycles. The number of hydrogen-bond donors (Lipinski definition) is 1. The van der Waals surface area contributed by atoms with E-state index in [9.17, 15) is 9.59 Å². The number of benzene rings is 3. The van der Waals surface area contributed by atoms with Crippen molar-refractivity contribution in [2.24, 2.45) is 0 Å². The van der Waals surface area contributed by atoms with Crippen LogP contribution in [0.1, 0.15) is 108 Å². The quantitative estimate of drug-likeness (QED) is 0.106. The fourth-order valence-corrected chi connectivity index (χ4v) is 5.63. The molecule has 1 heterocycles. The number of imidazole rings is 1. The van der Waals surface area contributed by atoms with Gasteiger partial charge in [-0.2, -0.15) is 0 Å². The maximum Gasteiger partial charge on any atom is 0.339 e. The highest BCUT2D eigenvalue weighted by atomic mass is 16.6. The third-order valence-corrected chi connectivity index (χ3v) is 8.21. The molecule has 0 radical (unpaired) electrons. The number of carbonyl (C=O) groups is 2. The van der Waals surface area contributed by atoms with Crippen molar-refractivity contribution >= 4 is 28.7 Å². The average Bonchev–Trinajstić information content (AvgIpc) is 3.38. The molecule has 0 saturated heterocycles. The number of fused-ring (bicyclic) bond motifs is 1. The number of ether oxygens (including phenoxy) is 1. The Labute approximate surface area is 275 Å². The Morgan fingerprint density at radius 2 is 1.57 bits per heavy atom. The molecule has 3 aromatic carbocycles. The molecule has 0 saturated carbocycles. The zero-order valence-corrected chi connectivity index (χ0v) is 28.7. The normalized spacial score (nSPS) is 11.5. The Morgan fingerprint density at radius 3 is 2.28 bits per heavy atom. The van der Waals surface area contributed by atoms with Crippen LogP contribution in [0.4, 0.5) is 10.5 Å². The summed E-state index contributed by atoms with van der Waals surface area (Å²) in [5, 5.41) is 3.08. The van der Waals surface area contributed by atoms with Crippen molar-refractivity contribution in [1.29, 1.82) is 0 Å². The molecule has 0 unspecified atom stereocenters. The average molecular weight is 625 g/mol. The van der Waals surface area contributed by atoms with E-state index >= 15 is 0 Å². The lowest BCUT2D eigenvalue weighted by Crippen LogP contribution is -2.37. The number of unbranched alkanes of at least 4 members (excludes halogenated alkanes) is 6. The van der Waals surface area contributed by atoms with Gasteiger partial charge in [-0.1, -0.05) is 94.8 Å². The van der Waals surface area contributed by atoms with E-state index in [0.29, 0.717) is 18.7 Å². The van der Waals surface area contributed by atoms with Crippen LogP contribution >= 0.6 is 0 Å². The van der Waals surface area contributed by atoms with Crippen LogP contribution in [0, 0.1) is 0 Å². The van der Waals surface area contributed by atoms with Gasteiger partial charge in [0.15, 0.2) is 0 Å². The van der Waals surface area contributed by atoms with E-state index in [4.69, 9.17) is 9.72 Å². The second kappa shape index (κ2) is 16.4. The monoisotopic (exact) mass is 624 g/mol. The lowest BCUT2D eigenvalue weighted by molar-refractivity contribution is 0.00704. The first-order chi connectivity index (χ1) is 22.1. The van der Waals surface area contributed by atoms with Crippen molar-refractivity contribution in [3.8, 4) is 11.1 Å². The van der Waals surface area contributed by atoms with E-state index in [1.54, 1.807) is 4.90 Å². The summed E-state index contributed by atoms with van der Waals surface area (Å²) >= 11 is 0. The SMILES string of the molecule is CCCCCCCCNC(=O)N(C)c1ccc2nc(CCCC)n(Cc3ccc(-c4ccccc4C(=O)OC(C)(C)C)cc3)c2c1. The number of aryl methyl sites for hydroxylation is 1. The van der Waals surface area contributed by atoms with Gasteiger partial charge in [0.05, 0.1) is 16.6 Å². The summed E-state index contributed by atoms with van der Waals surface area (Å²) in [6.07, 6.45) is 10.2. The number of carbonyl (C=O) groups excluding carboxylic acids is 2. The number of hydrogen-bond acceptors (Lipinski definition) is 4. The highest BCUT2D eigenvalue weighted by Crippen LogP contribution is 2.28. The zero-order chi connectivity index (χ0) is 33.1. The van der Waals surface area contributed by atoms with Crippen LogP contribution in [0.15, 0.2) is 66.7 Å². The van der Waals surface area contributed by atoms with Crippen LogP contribution in [0.5, 0.6) is 0 Å². The predicted molar refractivity (Wildman–Crippen MR) is 190 cm³/mol. The Kier molecular flexibility index (Phi) is 12.4. The molecule has 7 nitrogen and oxygen atoms in total. The molecule has 0 spiro atoms. The van der Waals surface area contributed by atoms with Gasteiger partial charge in [-0.15, -0.1) is 0 Å². The number of nitrogens with zero attached hydrogens (tertiary/aromatic N) is 3. The summed E-state index contributed by atoms with van der Waals surface area (Å²) in [7, 11) is 1.82. The highest BCUT2D eigenvalue weighted by Gasteiger charge is 2.21. The minimum absolute atomic E-state index is 0.0903. The maximum absolute atomic E-state index is 13.0. The van der Waals surface area contributed by atoms with Gasteiger partial charge in [0.2, 0.25) is 0 Å². The second-order valence-electron chi connectivity index (χ2n) is 13.2. The largest absolute Gasteiger partial charge is 0.456 e. The van der Waals surface area contributed by atoms with E-state index in [2.05, 4.69) is 54.1 Å². The van der Waals surface area contributed by atoms with Crippen molar-refractivity contribution in [2.45, 2.75) is 105 Å². The number of esters is 1. The summed E-state index contributed by atoms with van der Waals surface area (Å²) in [6, 6.07) is 21.9. The highest BCUT2D eigenvalue weighted by molar-refractivity contribution is 5.97. The van der Waals surface area contributed by atoms with Crippen LogP contribution in [0.2, 0.25) is 0 Å². The molecule has 2 amide bonds.